The van der Waals surface area contributed by atoms with E-state index in [1.165, 1.54) is 24.5 Å². The molecule has 0 radical (unpaired) electrons. The van der Waals surface area contributed by atoms with Gasteiger partial charge in [-0.25, -0.2) is 14.4 Å². The number of rotatable bonds is 6. The molecule has 3 aromatic rings. The number of aromatic amines is 1. The van der Waals surface area contributed by atoms with Gasteiger partial charge < -0.3 is 9.72 Å². The first kappa shape index (κ1) is 15.9. The highest BCUT2D eigenvalue weighted by Crippen LogP contribution is 2.26. The number of carbonyl (C=O) groups excluding carboxylic acids is 1. The molecule has 6 heteroatoms. The van der Waals surface area contributed by atoms with Crippen LogP contribution in [-0.2, 0) is 11.4 Å². The monoisotopic (exact) mass is 325 g/mol. The maximum atomic E-state index is 13.2. The van der Waals surface area contributed by atoms with Gasteiger partial charge in [0.05, 0.1) is 5.39 Å². The first-order chi connectivity index (χ1) is 11.7. The van der Waals surface area contributed by atoms with Crippen LogP contribution < -0.4 is 4.74 Å². The first-order valence-corrected chi connectivity index (χ1v) is 7.57. The molecule has 0 bridgehead atoms. The number of allylic oxidation sites excluding steroid dienone is 1. The Morgan fingerprint density at radius 3 is 3.04 bits per heavy atom. The second kappa shape index (κ2) is 7.04. The number of aromatic nitrogens is 3. The van der Waals surface area contributed by atoms with Crippen molar-refractivity contribution in [1.29, 1.82) is 0 Å². The molecule has 0 fully saturated rings. The van der Waals surface area contributed by atoms with Crippen molar-refractivity contribution < 1.29 is 13.9 Å². The highest BCUT2D eigenvalue weighted by atomic mass is 19.1. The average molecular weight is 325 g/mol. The Labute approximate surface area is 138 Å². The molecule has 0 saturated carbocycles. The molecule has 24 heavy (non-hydrogen) atoms. The van der Waals surface area contributed by atoms with Crippen LogP contribution in [0.3, 0.4) is 0 Å². The minimum Gasteiger partial charge on any atom is -0.472 e. The molecule has 2 heterocycles. The number of hydrogen-bond acceptors (Lipinski definition) is 4. The van der Waals surface area contributed by atoms with Gasteiger partial charge in [0.1, 0.15) is 24.4 Å². The number of ether oxygens (including phenoxy) is 1. The summed E-state index contributed by atoms with van der Waals surface area (Å²) < 4.78 is 19.0. The highest BCUT2D eigenvalue weighted by Gasteiger charge is 2.11. The summed E-state index contributed by atoms with van der Waals surface area (Å²) in [6.07, 6.45) is 6.81. The normalized spacial score (nSPS) is 11.2. The average Bonchev–Trinajstić information content (AvgIpc) is 3.01. The van der Waals surface area contributed by atoms with Crippen LogP contribution in [0.4, 0.5) is 4.39 Å². The summed E-state index contributed by atoms with van der Waals surface area (Å²) in [7, 11) is 0. The molecule has 122 valence electrons. The minimum absolute atomic E-state index is 0.0310. The topological polar surface area (TPSA) is 67.9 Å². The van der Waals surface area contributed by atoms with Crippen molar-refractivity contribution in [2.45, 2.75) is 20.0 Å². The SMILES string of the molecule is CCC(=O)/C=C/c1c[nH]c2ncnc(OCc3cccc(F)c3)c12. The number of nitrogens with zero attached hydrogens (tertiary/aromatic N) is 2. The van der Waals surface area contributed by atoms with Crippen molar-refractivity contribution in [2.75, 3.05) is 0 Å². The Kier molecular flexibility index (Phi) is 4.65. The van der Waals surface area contributed by atoms with Gasteiger partial charge in [0.15, 0.2) is 5.78 Å². The summed E-state index contributed by atoms with van der Waals surface area (Å²) in [4.78, 5) is 22.8. The summed E-state index contributed by atoms with van der Waals surface area (Å²) in [6, 6.07) is 6.20. The van der Waals surface area contributed by atoms with Crippen LogP contribution in [0.25, 0.3) is 17.1 Å². The van der Waals surface area contributed by atoms with Crippen molar-refractivity contribution >= 4 is 22.9 Å². The van der Waals surface area contributed by atoms with Gasteiger partial charge in [-0.15, -0.1) is 0 Å². The standard InChI is InChI=1S/C18H16FN3O2/c1-2-15(23)7-6-13-9-20-17-16(13)18(22-11-21-17)24-10-12-4-3-5-14(19)8-12/h3-9,11H,2,10H2,1H3,(H,20,21,22)/b7-6+. The van der Waals surface area contributed by atoms with E-state index in [4.69, 9.17) is 4.74 Å². The second-order valence-electron chi connectivity index (χ2n) is 5.22. The molecule has 0 spiro atoms. The van der Waals surface area contributed by atoms with E-state index in [0.717, 1.165) is 5.56 Å². The van der Waals surface area contributed by atoms with E-state index >= 15 is 0 Å². The van der Waals surface area contributed by atoms with Gasteiger partial charge in [-0.1, -0.05) is 19.1 Å². The zero-order chi connectivity index (χ0) is 16.9. The van der Waals surface area contributed by atoms with Gasteiger partial charge in [0, 0.05) is 18.2 Å². The molecule has 1 aromatic carbocycles. The molecule has 0 aliphatic rings. The van der Waals surface area contributed by atoms with Crippen LogP contribution in [-0.4, -0.2) is 20.7 Å². The molecule has 0 saturated heterocycles. The minimum atomic E-state index is -0.313. The predicted molar refractivity (Wildman–Crippen MR) is 89.0 cm³/mol. The number of H-pyrrole nitrogens is 1. The lowest BCUT2D eigenvalue weighted by atomic mass is 10.2. The van der Waals surface area contributed by atoms with Crippen LogP contribution in [0, 0.1) is 5.82 Å². The molecule has 0 aliphatic heterocycles. The van der Waals surface area contributed by atoms with Gasteiger partial charge in [-0.3, -0.25) is 4.79 Å². The fourth-order valence-corrected chi connectivity index (χ4v) is 2.28. The number of hydrogen-bond donors (Lipinski definition) is 1. The lowest BCUT2D eigenvalue weighted by Crippen LogP contribution is -1.99. The van der Waals surface area contributed by atoms with Gasteiger partial charge in [-0.2, -0.15) is 0 Å². The fraction of sp³-hybridized carbons (Fsp3) is 0.167. The van der Waals surface area contributed by atoms with Gasteiger partial charge in [0.2, 0.25) is 5.88 Å². The molecule has 0 amide bonds. The van der Waals surface area contributed by atoms with Crippen molar-refractivity contribution in [3.8, 4) is 5.88 Å². The third kappa shape index (κ3) is 3.48. The molecular weight excluding hydrogens is 309 g/mol. The number of ketones is 1. The van der Waals surface area contributed by atoms with Crippen molar-refractivity contribution in [3.63, 3.8) is 0 Å². The predicted octanol–water partition coefficient (Wildman–Crippen LogP) is 3.67. The summed E-state index contributed by atoms with van der Waals surface area (Å²) in [5.41, 5.74) is 2.08. The molecular formula is C18H16FN3O2. The Morgan fingerprint density at radius 2 is 2.25 bits per heavy atom. The summed E-state index contributed by atoms with van der Waals surface area (Å²) in [6.45, 7) is 1.99. The maximum Gasteiger partial charge on any atom is 0.227 e. The third-order valence-electron chi connectivity index (χ3n) is 3.53. The number of nitrogens with one attached hydrogen (secondary N) is 1. The van der Waals surface area contributed by atoms with Gasteiger partial charge >= 0.3 is 0 Å². The summed E-state index contributed by atoms with van der Waals surface area (Å²) in [5, 5.41) is 0.689. The van der Waals surface area contributed by atoms with Gasteiger partial charge in [-0.05, 0) is 29.8 Å². The molecule has 0 unspecified atom stereocenters. The van der Waals surface area contributed by atoms with E-state index in [-0.39, 0.29) is 18.2 Å². The van der Waals surface area contributed by atoms with E-state index in [0.29, 0.717) is 28.9 Å². The molecule has 0 aliphatic carbocycles. The second-order valence-corrected chi connectivity index (χ2v) is 5.22. The molecule has 0 atom stereocenters. The van der Waals surface area contributed by atoms with E-state index in [9.17, 15) is 9.18 Å². The quantitative estimate of drug-likeness (QED) is 0.702. The number of benzene rings is 1. The smallest absolute Gasteiger partial charge is 0.227 e. The lowest BCUT2D eigenvalue weighted by Gasteiger charge is -2.07. The van der Waals surface area contributed by atoms with Crippen molar-refractivity contribution in [1.82, 2.24) is 15.0 Å². The Balaban J connectivity index is 1.88. The largest absolute Gasteiger partial charge is 0.472 e. The highest BCUT2D eigenvalue weighted by molar-refractivity contribution is 5.97. The van der Waals surface area contributed by atoms with Crippen LogP contribution in [0.15, 0.2) is 42.9 Å². The Hall–Kier alpha value is -3.02. The van der Waals surface area contributed by atoms with E-state index < -0.39 is 0 Å². The Bertz CT molecular complexity index is 902. The van der Waals surface area contributed by atoms with Crippen LogP contribution in [0.1, 0.15) is 24.5 Å². The number of carbonyl (C=O) groups is 1. The molecule has 5 nitrogen and oxygen atoms in total. The summed E-state index contributed by atoms with van der Waals surface area (Å²) >= 11 is 0. The van der Waals surface area contributed by atoms with E-state index in [2.05, 4.69) is 15.0 Å². The maximum absolute atomic E-state index is 13.2. The molecule has 2 aromatic heterocycles. The van der Waals surface area contributed by atoms with Crippen LogP contribution >= 0.6 is 0 Å². The lowest BCUT2D eigenvalue weighted by molar-refractivity contribution is -0.114. The zero-order valence-corrected chi connectivity index (χ0v) is 13.1. The van der Waals surface area contributed by atoms with Crippen molar-refractivity contribution in [2.24, 2.45) is 0 Å². The van der Waals surface area contributed by atoms with E-state index in [1.54, 1.807) is 31.3 Å². The first-order valence-electron chi connectivity index (χ1n) is 7.57. The third-order valence-corrected chi connectivity index (χ3v) is 3.53. The summed E-state index contributed by atoms with van der Waals surface area (Å²) in [5.74, 6) is 0.102. The van der Waals surface area contributed by atoms with Crippen LogP contribution in [0.5, 0.6) is 5.88 Å². The zero-order valence-electron chi connectivity index (χ0n) is 13.1. The van der Waals surface area contributed by atoms with Gasteiger partial charge in [0.25, 0.3) is 0 Å². The van der Waals surface area contributed by atoms with Crippen molar-refractivity contribution in [3.05, 3.63) is 59.8 Å². The molecule has 1 N–H and O–H groups in total. The van der Waals surface area contributed by atoms with E-state index in [1.807, 2.05) is 0 Å². The van der Waals surface area contributed by atoms with Crippen LogP contribution in [0.2, 0.25) is 0 Å². The number of halogens is 1. The number of fused-ring (bicyclic) bond motifs is 1. The fourth-order valence-electron chi connectivity index (χ4n) is 2.28. The molecule has 3 rings (SSSR count). The Morgan fingerprint density at radius 1 is 1.38 bits per heavy atom.